The number of anilines is 1. The largest absolute Gasteiger partial charge is 0.497 e. The number of hydroxylamine groups is 2. The van der Waals surface area contributed by atoms with Crippen LogP contribution in [0.4, 0.5) is 5.82 Å². The molecule has 7 heteroatoms. The van der Waals surface area contributed by atoms with Crippen LogP contribution in [0.2, 0.25) is 0 Å². The van der Waals surface area contributed by atoms with E-state index in [1.165, 1.54) is 0 Å². The Morgan fingerprint density at radius 1 is 1.12 bits per heavy atom. The fourth-order valence-electron chi connectivity index (χ4n) is 3.40. The van der Waals surface area contributed by atoms with Crippen LogP contribution in [0.1, 0.15) is 12.8 Å². The molecule has 0 spiro atoms. The smallest absolute Gasteiger partial charge is 0.225 e. The maximum absolute atomic E-state index is 12.7. The van der Waals surface area contributed by atoms with Crippen LogP contribution in [0.5, 0.6) is 5.75 Å². The number of hydrogen-bond donors (Lipinski definition) is 0. The lowest BCUT2D eigenvalue weighted by Crippen LogP contribution is -2.51. The summed E-state index contributed by atoms with van der Waals surface area (Å²) in [6, 6.07) is 3.79. The van der Waals surface area contributed by atoms with E-state index in [2.05, 4.69) is 9.88 Å². The van der Waals surface area contributed by atoms with Gasteiger partial charge in [-0.2, -0.15) is 5.06 Å². The molecule has 7 nitrogen and oxygen atoms in total. The number of piperidine rings is 1. The minimum absolute atomic E-state index is 0.137. The van der Waals surface area contributed by atoms with Gasteiger partial charge in [-0.05, 0) is 18.9 Å². The zero-order chi connectivity index (χ0) is 16.9. The van der Waals surface area contributed by atoms with Gasteiger partial charge in [0.2, 0.25) is 5.91 Å². The van der Waals surface area contributed by atoms with Gasteiger partial charge < -0.3 is 19.4 Å². The lowest BCUT2D eigenvalue weighted by molar-refractivity contribution is -0.158. The number of hydrogen-bond acceptors (Lipinski definition) is 6. The number of pyridine rings is 1. The monoisotopic (exact) mass is 334 g/mol. The molecule has 0 radical (unpaired) electrons. The van der Waals surface area contributed by atoms with Gasteiger partial charge in [0.15, 0.2) is 0 Å². The zero-order valence-corrected chi connectivity index (χ0v) is 14.5. The molecule has 3 rings (SSSR count). The minimum atomic E-state index is 0.137. The maximum atomic E-state index is 12.7. The van der Waals surface area contributed by atoms with Crippen molar-refractivity contribution in [3.05, 3.63) is 18.3 Å². The van der Waals surface area contributed by atoms with Gasteiger partial charge >= 0.3 is 0 Å². The Labute approximate surface area is 143 Å². The Morgan fingerprint density at radius 2 is 1.83 bits per heavy atom. The van der Waals surface area contributed by atoms with Gasteiger partial charge in [-0.15, -0.1) is 0 Å². The zero-order valence-electron chi connectivity index (χ0n) is 14.5. The fourth-order valence-corrected chi connectivity index (χ4v) is 3.40. The van der Waals surface area contributed by atoms with E-state index >= 15 is 0 Å². The van der Waals surface area contributed by atoms with Gasteiger partial charge in [-0.3, -0.25) is 4.79 Å². The van der Waals surface area contributed by atoms with Crippen molar-refractivity contribution >= 4 is 11.7 Å². The molecule has 24 heavy (non-hydrogen) atoms. The summed E-state index contributed by atoms with van der Waals surface area (Å²) in [5.74, 6) is 2.15. The average molecular weight is 334 g/mol. The van der Waals surface area contributed by atoms with Crippen molar-refractivity contribution in [1.29, 1.82) is 0 Å². The molecular weight excluding hydrogens is 308 g/mol. The quantitative estimate of drug-likeness (QED) is 0.819. The second kappa shape index (κ2) is 7.81. The van der Waals surface area contributed by atoms with Gasteiger partial charge in [0.05, 0.1) is 14.2 Å². The van der Waals surface area contributed by atoms with Gasteiger partial charge in [-0.25, -0.2) is 4.98 Å². The summed E-state index contributed by atoms with van der Waals surface area (Å²) < 4.78 is 5.26. The number of ether oxygens (including phenoxy) is 1. The van der Waals surface area contributed by atoms with Crippen LogP contribution < -0.4 is 9.64 Å². The van der Waals surface area contributed by atoms with Crippen molar-refractivity contribution < 1.29 is 14.4 Å². The molecule has 0 N–H and O–H groups in total. The van der Waals surface area contributed by atoms with Crippen LogP contribution in [0.3, 0.4) is 0 Å². The molecule has 2 fully saturated rings. The van der Waals surface area contributed by atoms with Crippen molar-refractivity contribution in [2.24, 2.45) is 5.92 Å². The molecule has 2 aliphatic rings. The first-order valence-corrected chi connectivity index (χ1v) is 8.54. The molecule has 0 atom stereocenters. The molecule has 0 saturated carbocycles. The van der Waals surface area contributed by atoms with Crippen molar-refractivity contribution in [2.75, 3.05) is 58.4 Å². The first-order chi connectivity index (χ1) is 11.7. The van der Waals surface area contributed by atoms with E-state index in [-0.39, 0.29) is 5.92 Å². The van der Waals surface area contributed by atoms with Crippen molar-refractivity contribution in [3.63, 3.8) is 0 Å². The second-order valence-electron chi connectivity index (χ2n) is 6.25. The third kappa shape index (κ3) is 3.79. The standard InChI is InChI=1S/C17H26N4O3/c1-23-15-3-6-18-16(13-15)19-9-11-20(12-10-19)17(22)14-4-7-21(24-2)8-5-14/h3,6,13-14H,4-5,7-12H2,1-2H3. The topological polar surface area (TPSA) is 58.1 Å². The van der Waals surface area contributed by atoms with E-state index in [1.54, 1.807) is 20.4 Å². The minimum Gasteiger partial charge on any atom is -0.497 e. The SMILES string of the molecule is COc1ccnc(N2CCN(C(=O)C3CCN(OC)CC3)CC2)c1. The highest BCUT2D eigenvalue weighted by Gasteiger charge is 2.30. The number of piperazine rings is 1. The van der Waals surface area contributed by atoms with Crippen molar-refractivity contribution in [1.82, 2.24) is 14.9 Å². The Morgan fingerprint density at radius 3 is 2.46 bits per heavy atom. The lowest BCUT2D eigenvalue weighted by atomic mass is 9.96. The van der Waals surface area contributed by atoms with E-state index in [4.69, 9.17) is 9.57 Å². The number of methoxy groups -OCH3 is 1. The molecule has 2 aliphatic heterocycles. The van der Waals surface area contributed by atoms with Crippen molar-refractivity contribution in [2.45, 2.75) is 12.8 Å². The Hall–Kier alpha value is -1.86. The van der Waals surface area contributed by atoms with E-state index in [1.807, 2.05) is 22.1 Å². The van der Waals surface area contributed by atoms with Gasteiger partial charge in [0.1, 0.15) is 11.6 Å². The summed E-state index contributed by atoms with van der Waals surface area (Å²) >= 11 is 0. The molecule has 0 aliphatic carbocycles. The van der Waals surface area contributed by atoms with Crippen LogP contribution in [0.15, 0.2) is 18.3 Å². The number of rotatable bonds is 4. The van der Waals surface area contributed by atoms with Gasteiger partial charge in [0.25, 0.3) is 0 Å². The maximum Gasteiger partial charge on any atom is 0.225 e. The molecule has 0 bridgehead atoms. The predicted octanol–water partition coefficient (Wildman–Crippen LogP) is 1.01. The van der Waals surface area contributed by atoms with Crippen LogP contribution in [0, 0.1) is 5.92 Å². The number of nitrogens with zero attached hydrogens (tertiary/aromatic N) is 4. The predicted molar refractivity (Wildman–Crippen MR) is 90.9 cm³/mol. The molecule has 0 aromatic carbocycles. The van der Waals surface area contributed by atoms with Crippen LogP contribution in [-0.4, -0.2) is 74.3 Å². The molecule has 1 amide bonds. The summed E-state index contributed by atoms with van der Waals surface area (Å²) in [5.41, 5.74) is 0. The summed E-state index contributed by atoms with van der Waals surface area (Å²) in [7, 11) is 3.35. The highest BCUT2D eigenvalue weighted by molar-refractivity contribution is 5.79. The van der Waals surface area contributed by atoms with Crippen LogP contribution >= 0.6 is 0 Å². The molecule has 132 valence electrons. The summed E-state index contributed by atoms with van der Waals surface area (Å²) in [6.07, 6.45) is 3.52. The van der Waals surface area contributed by atoms with E-state index in [0.717, 1.165) is 63.7 Å². The Kier molecular flexibility index (Phi) is 5.52. The van der Waals surface area contributed by atoms with E-state index in [0.29, 0.717) is 5.91 Å². The summed E-state index contributed by atoms with van der Waals surface area (Å²) in [4.78, 5) is 26.6. The summed E-state index contributed by atoms with van der Waals surface area (Å²) in [5, 5.41) is 1.93. The Balaban J connectivity index is 1.52. The van der Waals surface area contributed by atoms with Gasteiger partial charge in [-0.1, -0.05) is 0 Å². The fraction of sp³-hybridized carbons (Fsp3) is 0.647. The first kappa shape index (κ1) is 17.0. The summed E-state index contributed by atoms with van der Waals surface area (Å²) in [6.45, 7) is 4.79. The number of carbonyl (C=O) groups excluding carboxylic acids is 1. The molecule has 1 aromatic rings. The second-order valence-corrected chi connectivity index (χ2v) is 6.25. The van der Waals surface area contributed by atoms with Crippen LogP contribution in [-0.2, 0) is 9.63 Å². The van der Waals surface area contributed by atoms with Crippen LogP contribution in [0.25, 0.3) is 0 Å². The first-order valence-electron chi connectivity index (χ1n) is 8.54. The third-order valence-corrected chi connectivity index (χ3v) is 4.93. The number of aromatic nitrogens is 1. The average Bonchev–Trinajstić information content (AvgIpc) is 2.67. The number of amides is 1. The Bertz CT molecular complexity index is 553. The highest BCUT2D eigenvalue weighted by Crippen LogP contribution is 2.22. The molecule has 3 heterocycles. The third-order valence-electron chi connectivity index (χ3n) is 4.93. The lowest BCUT2D eigenvalue weighted by Gasteiger charge is -2.38. The number of carbonyl (C=O) groups is 1. The molecule has 0 unspecified atom stereocenters. The van der Waals surface area contributed by atoms with E-state index in [9.17, 15) is 4.79 Å². The molecule has 1 aromatic heterocycles. The molecule has 2 saturated heterocycles. The van der Waals surface area contributed by atoms with Crippen molar-refractivity contribution in [3.8, 4) is 5.75 Å². The van der Waals surface area contributed by atoms with E-state index < -0.39 is 0 Å². The normalized spacial score (nSPS) is 20.2. The molecular formula is C17H26N4O3. The van der Waals surface area contributed by atoms with Gasteiger partial charge in [0, 0.05) is 57.4 Å². The highest BCUT2D eigenvalue weighted by atomic mass is 16.7.